The molecule has 0 aromatic rings. The Kier molecular flexibility index (Phi) is 5.64. The number of hydrogen-bond acceptors (Lipinski definition) is 1. The Labute approximate surface area is 57.9 Å². The van der Waals surface area contributed by atoms with Crippen LogP contribution >= 0.6 is 0 Å². The van der Waals surface area contributed by atoms with Crippen molar-refractivity contribution >= 4 is 0 Å². The van der Waals surface area contributed by atoms with Gasteiger partial charge in [-0.15, -0.1) is 0 Å². The molecule has 1 nitrogen and oxygen atoms in total. The van der Waals surface area contributed by atoms with Crippen molar-refractivity contribution in [1.82, 2.24) is 0 Å². The highest BCUT2D eigenvalue weighted by Gasteiger charge is 1.94. The fourth-order valence-corrected chi connectivity index (χ4v) is 0.771. The Hall–Kier alpha value is -0.300. The topological polar surface area (TPSA) is 26.0 Å². The van der Waals surface area contributed by atoms with Crippen LogP contribution in [0.2, 0.25) is 0 Å². The molecule has 0 aliphatic carbocycles. The monoisotopic (exact) mass is 127 g/mol. The average Bonchev–Trinajstić information content (AvgIpc) is 1.85. The normalized spacial score (nSPS) is 14.6. The molecule has 0 spiro atoms. The van der Waals surface area contributed by atoms with Crippen molar-refractivity contribution in [2.45, 2.75) is 26.7 Å². The van der Waals surface area contributed by atoms with E-state index in [1.165, 1.54) is 6.42 Å². The lowest BCUT2D eigenvalue weighted by Crippen LogP contribution is -2.04. The van der Waals surface area contributed by atoms with Crippen molar-refractivity contribution < 1.29 is 0 Å². The number of nitrogens with two attached hydrogens (primary N) is 1. The zero-order valence-corrected chi connectivity index (χ0v) is 6.43. The molecular formula is C8H17N. The first-order valence-corrected chi connectivity index (χ1v) is 3.62. The van der Waals surface area contributed by atoms with Gasteiger partial charge in [-0.1, -0.05) is 19.1 Å². The van der Waals surface area contributed by atoms with Gasteiger partial charge in [0.1, 0.15) is 0 Å². The predicted octanol–water partition coefficient (Wildman–Crippen LogP) is 1.94. The number of hydrogen-bond donors (Lipinski definition) is 1. The summed E-state index contributed by atoms with van der Waals surface area (Å²) in [5.41, 5.74) is 5.38. The van der Waals surface area contributed by atoms with Crippen LogP contribution in [0.4, 0.5) is 0 Å². The van der Waals surface area contributed by atoms with Gasteiger partial charge >= 0.3 is 0 Å². The molecule has 0 heterocycles. The zero-order chi connectivity index (χ0) is 7.11. The Morgan fingerprint density at radius 3 is 2.67 bits per heavy atom. The van der Waals surface area contributed by atoms with Gasteiger partial charge in [-0.05, 0) is 32.2 Å². The molecule has 0 aromatic heterocycles. The first kappa shape index (κ1) is 8.70. The molecule has 0 bridgehead atoms. The minimum atomic E-state index is 0.756. The van der Waals surface area contributed by atoms with Crippen LogP contribution in [0.15, 0.2) is 12.2 Å². The van der Waals surface area contributed by atoms with Gasteiger partial charge in [0.05, 0.1) is 0 Å². The first-order chi connectivity index (χ1) is 4.31. The molecule has 0 aromatic carbocycles. The SMILES string of the molecule is C/C=C/C[C@@H](C)CCN. The van der Waals surface area contributed by atoms with Crippen LogP contribution in [0.25, 0.3) is 0 Å². The van der Waals surface area contributed by atoms with E-state index in [4.69, 9.17) is 5.73 Å². The van der Waals surface area contributed by atoms with Gasteiger partial charge in [0, 0.05) is 0 Å². The van der Waals surface area contributed by atoms with E-state index in [2.05, 4.69) is 26.0 Å². The van der Waals surface area contributed by atoms with Gasteiger partial charge in [-0.2, -0.15) is 0 Å². The third kappa shape index (κ3) is 5.57. The lowest BCUT2D eigenvalue weighted by molar-refractivity contribution is 0.548. The lowest BCUT2D eigenvalue weighted by atomic mass is 10.0. The van der Waals surface area contributed by atoms with E-state index in [9.17, 15) is 0 Å². The number of allylic oxidation sites excluding steroid dienone is 2. The molecule has 0 unspecified atom stereocenters. The molecular weight excluding hydrogens is 110 g/mol. The van der Waals surface area contributed by atoms with Crippen molar-refractivity contribution in [2.75, 3.05) is 6.54 Å². The summed E-state index contributed by atoms with van der Waals surface area (Å²) in [6, 6.07) is 0. The van der Waals surface area contributed by atoms with Crippen molar-refractivity contribution in [2.24, 2.45) is 11.7 Å². The second-order valence-electron chi connectivity index (χ2n) is 2.49. The third-order valence-corrected chi connectivity index (χ3v) is 1.43. The number of rotatable bonds is 4. The van der Waals surface area contributed by atoms with E-state index in [1.807, 2.05) is 0 Å². The molecule has 9 heavy (non-hydrogen) atoms. The summed E-state index contributed by atoms with van der Waals surface area (Å²) >= 11 is 0. The molecule has 0 aliphatic rings. The van der Waals surface area contributed by atoms with Gasteiger partial charge in [0.2, 0.25) is 0 Å². The molecule has 0 radical (unpaired) electrons. The maximum atomic E-state index is 5.38. The second kappa shape index (κ2) is 5.83. The van der Waals surface area contributed by atoms with Gasteiger partial charge in [-0.25, -0.2) is 0 Å². The van der Waals surface area contributed by atoms with Gasteiger partial charge < -0.3 is 5.73 Å². The van der Waals surface area contributed by atoms with Crippen molar-refractivity contribution in [3.05, 3.63) is 12.2 Å². The second-order valence-corrected chi connectivity index (χ2v) is 2.49. The van der Waals surface area contributed by atoms with Crippen LogP contribution in [0, 0.1) is 5.92 Å². The van der Waals surface area contributed by atoms with Crippen molar-refractivity contribution in [1.29, 1.82) is 0 Å². The molecule has 0 saturated heterocycles. The Bertz CT molecular complexity index is 76.6. The largest absolute Gasteiger partial charge is 0.330 e. The summed E-state index contributed by atoms with van der Waals surface area (Å²) in [5.74, 6) is 0.756. The van der Waals surface area contributed by atoms with Crippen LogP contribution in [-0.2, 0) is 0 Å². The summed E-state index contributed by atoms with van der Waals surface area (Å²) in [4.78, 5) is 0. The fourth-order valence-electron chi connectivity index (χ4n) is 0.771. The molecule has 1 atom stereocenters. The molecule has 54 valence electrons. The van der Waals surface area contributed by atoms with Crippen LogP contribution < -0.4 is 5.73 Å². The Morgan fingerprint density at radius 2 is 2.22 bits per heavy atom. The van der Waals surface area contributed by atoms with E-state index < -0.39 is 0 Å². The molecule has 0 amide bonds. The minimum Gasteiger partial charge on any atom is -0.330 e. The highest BCUT2D eigenvalue weighted by molar-refractivity contribution is 4.78. The third-order valence-electron chi connectivity index (χ3n) is 1.43. The maximum Gasteiger partial charge on any atom is -0.00746 e. The lowest BCUT2D eigenvalue weighted by Gasteiger charge is -2.04. The van der Waals surface area contributed by atoms with Crippen molar-refractivity contribution in [3.63, 3.8) is 0 Å². The highest BCUT2D eigenvalue weighted by Crippen LogP contribution is 2.05. The first-order valence-electron chi connectivity index (χ1n) is 3.62. The molecule has 0 fully saturated rings. The molecule has 0 rings (SSSR count). The quantitative estimate of drug-likeness (QED) is 0.574. The van der Waals surface area contributed by atoms with Crippen molar-refractivity contribution in [3.8, 4) is 0 Å². The van der Waals surface area contributed by atoms with E-state index in [1.54, 1.807) is 0 Å². The molecule has 2 N–H and O–H groups in total. The summed E-state index contributed by atoms with van der Waals surface area (Å²) in [6.45, 7) is 5.10. The summed E-state index contributed by atoms with van der Waals surface area (Å²) < 4.78 is 0. The van der Waals surface area contributed by atoms with E-state index in [0.29, 0.717) is 0 Å². The van der Waals surface area contributed by atoms with Gasteiger partial charge in [-0.3, -0.25) is 0 Å². The molecule has 0 saturated carbocycles. The zero-order valence-electron chi connectivity index (χ0n) is 6.43. The van der Waals surface area contributed by atoms with Crippen LogP contribution in [-0.4, -0.2) is 6.54 Å². The predicted molar refractivity (Wildman–Crippen MR) is 42.3 cm³/mol. The Balaban J connectivity index is 3.15. The van der Waals surface area contributed by atoms with Crippen LogP contribution in [0.1, 0.15) is 26.7 Å². The van der Waals surface area contributed by atoms with Gasteiger partial charge in [0.25, 0.3) is 0 Å². The molecule has 1 heteroatoms. The van der Waals surface area contributed by atoms with Crippen LogP contribution in [0.5, 0.6) is 0 Å². The van der Waals surface area contributed by atoms with E-state index in [0.717, 1.165) is 18.9 Å². The van der Waals surface area contributed by atoms with E-state index in [-0.39, 0.29) is 0 Å². The minimum absolute atomic E-state index is 0.756. The summed E-state index contributed by atoms with van der Waals surface area (Å²) in [6.07, 6.45) is 6.60. The summed E-state index contributed by atoms with van der Waals surface area (Å²) in [5, 5.41) is 0. The summed E-state index contributed by atoms with van der Waals surface area (Å²) in [7, 11) is 0. The Morgan fingerprint density at radius 1 is 1.56 bits per heavy atom. The fraction of sp³-hybridized carbons (Fsp3) is 0.750. The van der Waals surface area contributed by atoms with Gasteiger partial charge in [0.15, 0.2) is 0 Å². The average molecular weight is 127 g/mol. The standard InChI is InChI=1S/C8H17N/c1-3-4-5-8(2)6-7-9/h3-4,8H,5-7,9H2,1-2H3/b4-3+/t8-/m1/s1. The van der Waals surface area contributed by atoms with E-state index >= 15 is 0 Å². The smallest absolute Gasteiger partial charge is 0.00746 e. The van der Waals surface area contributed by atoms with Crippen LogP contribution in [0.3, 0.4) is 0 Å². The maximum absolute atomic E-state index is 5.38. The highest BCUT2D eigenvalue weighted by atomic mass is 14.5. The molecule has 0 aliphatic heterocycles.